The number of Topliss-reactive ketones (excluding diaryl/α,β-unsaturated/α-hetero) is 1. The number of ketones is 1. The number of carbonyl (C=O) groups excluding carboxylic acids is 1. The molecular formula is C17H22ClNO. The van der Waals surface area contributed by atoms with Gasteiger partial charge in [0.05, 0.1) is 0 Å². The van der Waals surface area contributed by atoms with Crippen molar-refractivity contribution in [2.45, 2.75) is 32.1 Å². The van der Waals surface area contributed by atoms with E-state index in [1.165, 1.54) is 38.8 Å². The van der Waals surface area contributed by atoms with E-state index >= 15 is 0 Å². The number of carbonyl (C=O) groups is 1. The van der Waals surface area contributed by atoms with Crippen molar-refractivity contribution in [3.05, 3.63) is 34.9 Å². The number of benzene rings is 1. The van der Waals surface area contributed by atoms with Crippen LogP contribution in [-0.2, 0) is 0 Å². The molecule has 2 fully saturated rings. The van der Waals surface area contributed by atoms with Crippen molar-refractivity contribution in [1.82, 2.24) is 4.90 Å². The molecule has 20 heavy (non-hydrogen) atoms. The summed E-state index contributed by atoms with van der Waals surface area (Å²) in [6, 6.07) is 7.25. The summed E-state index contributed by atoms with van der Waals surface area (Å²) >= 11 is 5.85. The molecule has 108 valence electrons. The highest BCUT2D eigenvalue weighted by molar-refractivity contribution is 6.30. The Balaban J connectivity index is 1.49. The molecule has 3 rings (SSSR count). The fourth-order valence-electron chi connectivity index (χ4n) is 2.63. The summed E-state index contributed by atoms with van der Waals surface area (Å²) in [6.07, 6.45) is 6.15. The molecule has 0 aromatic heterocycles. The minimum absolute atomic E-state index is 0.235. The Morgan fingerprint density at radius 1 is 1.05 bits per heavy atom. The van der Waals surface area contributed by atoms with E-state index in [0.717, 1.165) is 23.9 Å². The molecule has 1 aromatic rings. The van der Waals surface area contributed by atoms with Crippen LogP contribution in [0.3, 0.4) is 0 Å². The average molecular weight is 292 g/mol. The summed E-state index contributed by atoms with van der Waals surface area (Å²) in [5, 5.41) is 0.686. The van der Waals surface area contributed by atoms with Crippen LogP contribution in [0, 0.1) is 11.8 Å². The fourth-order valence-corrected chi connectivity index (χ4v) is 2.75. The van der Waals surface area contributed by atoms with Crippen molar-refractivity contribution in [3.8, 4) is 0 Å². The minimum atomic E-state index is 0.235. The molecule has 3 heteroatoms. The molecule has 1 aromatic carbocycles. The molecule has 0 aliphatic heterocycles. The summed E-state index contributed by atoms with van der Waals surface area (Å²) < 4.78 is 0. The Hall–Kier alpha value is -0.860. The zero-order valence-electron chi connectivity index (χ0n) is 11.9. The number of hydrogen-bond acceptors (Lipinski definition) is 2. The van der Waals surface area contributed by atoms with Gasteiger partial charge < -0.3 is 4.90 Å². The lowest BCUT2D eigenvalue weighted by atomic mass is 10.1. The molecule has 0 bridgehead atoms. The zero-order valence-corrected chi connectivity index (χ0v) is 12.6. The van der Waals surface area contributed by atoms with E-state index < -0.39 is 0 Å². The average Bonchev–Trinajstić information content (AvgIpc) is 3.32. The van der Waals surface area contributed by atoms with Crippen LogP contribution in [0.5, 0.6) is 0 Å². The van der Waals surface area contributed by atoms with Crippen molar-refractivity contribution < 1.29 is 4.79 Å². The lowest BCUT2D eigenvalue weighted by Gasteiger charge is -2.21. The predicted octanol–water partition coefficient (Wildman–Crippen LogP) is 4.03. The van der Waals surface area contributed by atoms with Crippen LogP contribution in [0.2, 0.25) is 5.02 Å². The topological polar surface area (TPSA) is 20.3 Å². The summed E-state index contributed by atoms with van der Waals surface area (Å²) in [7, 11) is 0. The summed E-state index contributed by atoms with van der Waals surface area (Å²) in [5.74, 6) is 2.04. The third-order valence-corrected chi connectivity index (χ3v) is 4.50. The van der Waals surface area contributed by atoms with Crippen molar-refractivity contribution in [1.29, 1.82) is 0 Å². The van der Waals surface area contributed by atoms with E-state index in [4.69, 9.17) is 11.6 Å². The number of rotatable bonds is 8. The van der Waals surface area contributed by atoms with Gasteiger partial charge >= 0.3 is 0 Å². The molecule has 0 saturated heterocycles. The van der Waals surface area contributed by atoms with E-state index in [-0.39, 0.29) is 5.78 Å². The molecule has 0 heterocycles. The van der Waals surface area contributed by atoms with Gasteiger partial charge in [0.1, 0.15) is 0 Å². The number of halogens is 1. The summed E-state index contributed by atoms with van der Waals surface area (Å²) in [5.41, 5.74) is 0.784. The van der Waals surface area contributed by atoms with Gasteiger partial charge in [0.2, 0.25) is 0 Å². The predicted molar refractivity (Wildman–Crippen MR) is 82.3 cm³/mol. The molecule has 2 saturated carbocycles. The van der Waals surface area contributed by atoms with Gasteiger partial charge in [0, 0.05) is 36.6 Å². The van der Waals surface area contributed by atoms with Crippen LogP contribution < -0.4 is 0 Å². The molecular weight excluding hydrogens is 270 g/mol. The van der Waals surface area contributed by atoms with Crippen LogP contribution in [0.1, 0.15) is 42.5 Å². The molecule has 0 unspecified atom stereocenters. The maximum absolute atomic E-state index is 12.2. The zero-order chi connectivity index (χ0) is 13.9. The Morgan fingerprint density at radius 2 is 1.60 bits per heavy atom. The van der Waals surface area contributed by atoms with Gasteiger partial charge in [-0.05, 0) is 61.8 Å². The Bertz CT molecular complexity index is 448. The first-order valence-electron chi connectivity index (χ1n) is 7.72. The standard InChI is InChI=1S/C17H22ClNO/c18-16-7-5-15(6-8-16)17(20)9-10-19(11-13-1-2-13)12-14-3-4-14/h5-8,13-14H,1-4,9-12H2. The molecule has 2 aliphatic carbocycles. The van der Waals surface area contributed by atoms with E-state index in [0.29, 0.717) is 11.4 Å². The molecule has 0 atom stereocenters. The van der Waals surface area contributed by atoms with Crippen LogP contribution in [0.25, 0.3) is 0 Å². The monoisotopic (exact) mass is 291 g/mol. The van der Waals surface area contributed by atoms with Gasteiger partial charge in [-0.15, -0.1) is 0 Å². The van der Waals surface area contributed by atoms with Gasteiger partial charge in [-0.1, -0.05) is 11.6 Å². The molecule has 0 amide bonds. The van der Waals surface area contributed by atoms with Crippen LogP contribution >= 0.6 is 11.6 Å². The normalized spacial score (nSPS) is 18.5. The highest BCUT2D eigenvalue weighted by Gasteiger charge is 2.29. The SMILES string of the molecule is O=C(CCN(CC1CC1)CC1CC1)c1ccc(Cl)cc1. The molecule has 2 nitrogen and oxygen atoms in total. The lowest BCUT2D eigenvalue weighted by molar-refractivity contribution is 0.0961. The summed E-state index contributed by atoms with van der Waals surface area (Å²) in [6.45, 7) is 3.31. The van der Waals surface area contributed by atoms with Crippen LogP contribution in [0.4, 0.5) is 0 Å². The Labute approximate surface area is 126 Å². The summed E-state index contributed by atoms with van der Waals surface area (Å²) in [4.78, 5) is 14.7. The maximum Gasteiger partial charge on any atom is 0.164 e. The molecule has 0 radical (unpaired) electrons. The van der Waals surface area contributed by atoms with Gasteiger partial charge in [-0.25, -0.2) is 0 Å². The van der Waals surface area contributed by atoms with Gasteiger partial charge in [0.25, 0.3) is 0 Å². The smallest absolute Gasteiger partial charge is 0.164 e. The number of nitrogens with zero attached hydrogens (tertiary/aromatic N) is 1. The van der Waals surface area contributed by atoms with Gasteiger partial charge in [0.15, 0.2) is 5.78 Å². The quantitative estimate of drug-likeness (QED) is 0.674. The number of hydrogen-bond donors (Lipinski definition) is 0. The van der Waals surface area contributed by atoms with Crippen LogP contribution in [-0.4, -0.2) is 30.3 Å². The fraction of sp³-hybridized carbons (Fsp3) is 0.588. The Morgan fingerprint density at radius 3 is 2.10 bits per heavy atom. The van der Waals surface area contributed by atoms with E-state index in [9.17, 15) is 4.79 Å². The van der Waals surface area contributed by atoms with Crippen molar-refractivity contribution in [2.24, 2.45) is 11.8 Å². The molecule has 0 spiro atoms. The highest BCUT2D eigenvalue weighted by Crippen LogP contribution is 2.33. The third-order valence-electron chi connectivity index (χ3n) is 4.25. The largest absolute Gasteiger partial charge is 0.302 e. The minimum Gasteiger partial charge on any atom is -0.302 e. The van der Waals surface area contributed by atoms with Gasteiger partial charge in [-0.3, -0.25) is 4.79 Å². The Kier molecular flexibility index (Phi) is 4.42. The second kappa shape index (κ2) is 6.28. The lowest BCUT2D eigenvalue weighted by Crippen LogP contribution is -2.30. The van der Waals surface area contributed by atoms with Gasteiger partial charge in [-0.2, -0.15) is 0 Å². The maximum atomic E-state index is 12.2. The second-order valence-electron chi connectivity index (χ2n) is 6.33. The van der Waals surface area contributed by atoms with Crippen molar-refractivity contribution in [3.63, 3.8) is 0 Å². The van der Waals surface area contributed by atoms with Crippen molar-refractivity contribution >= 4 is 17.4 Å². The molecule has 2 aliphatic rings. The van der Waals surface area contributed by atoms with Crippen LogP contribution in [0.15, 0.2) is 24.3 Å². The first-order chi connectivity index (χ1) is 9.70. The van der Waals surface area contributed by atoms with E-state index in [1.807, 2.05) is 12.1 Å². The third kappa shape index (κ3) is 4.32. The first-order valence-corrected chi connectivity index (χ1v) is 8.09. The highest BCUT2D eigenvalue weighted by atomic mass is 35.5. The van der Waals surface area contributed by atoms with Crippen molar-refractivity contribution in [2.75, 3.05) is 19.6 Å². The van der Waals surface area contributed by atoms with E-state index in [2.05, 4.69) is 4.90 Å². The first kappa shape index (κ1) is 14.1. The second-order valence-corrected chi connectivity index (χ2v) is 6.76. The molecule has 0 N–H and O–H groups in total. The van der Waals surface area contributed by atoms with E-state index in [1.54, 1.807) is 12.1 Å².